The highest BCUT2D eigenvalue weighted by atomic mass is 28.4. The average molecular weight is 527 g/mol. The summed E-state index contributed by atoms with van der Waals surface area (Å²) >= 11 is 0. The van der Waals surface area contributed by atoms with Crippen LogP contribution in [0.1, 0.15) is 47.8 Å². The van der Waals surface area contributed by atoms with Gasteiger partial charge < -0.3 is 24.0 Å². The van der Waals surface area contributed by atoms with Gasteiger partial charge in [-0.15, -0.1) is 0 Å². The molecule has 1 fully saturated rings. The van der Waals surface area contributed by atoms with E-state index in [2.05, 4.69) is 83.0 Å². The maximum Gasteiger partial charge on any atom is 0.351 e. The lowest BCUT2D eigenvalue weighted by molar-refractivity contribution is -0.0529. The van der Waals surface area contributed by atoms with Gasteiger partial charge in [-0.25, -0.2) is 9.79 Å². The minimum atomic E-state index is -2.29. The third kappa shape index (κ3) is 6.97. The van der Waals surface area contributed by atoms with Crippen LogP contribution >= 0.6 is 0 Å². The van der Waals surface area contributed by atoms with E-state index in [0.717, 1.165) is 0 Å². The number of hydrogen-bond acceptors (Lipinski definition) is 8. The van der Waals surface area contributed by atoms with E-state index in [0.29, 0.717) is 12.4 Å². The van der Waals surface area contributed by atoms with Gasteiger partial charge in [0.05, 0.1) is 6.61 Å². The fourth-order valence-corrected chi connectivity index (χ4v) is 5.88. The quantitative estimate of drug-likeness (QED) is 0.372. The molecule has 2 heterocycles. The van der Waals surface area contributed by atoms with Gasteiger partial charge in [-0.2, -0.15) is 4.98 Å². The number of nitrogens with one attached hydrogen (secondary N) is 1. The largest absolute Gasteiger partial charge is 0.408 e. The first-order valence-corrected chi connectivity index (χ1v) is 18.1. The van der Waals surface area contributed by atoms with Crippen molar-refractivity contribution < 1.29 is 18.7 Å². The molecule has 1 aliphatic rings. The lowest BCUT2D eigenvalue weighted by Gasteiger charge is -2.44. The lowest BCUT2D eigenvalue weighted by Crippen LogP contribution is -2.54. The predicted molar refractivity (Wildman–Crippen MR) is 146 cm³/mol. The van der Waals surface area contributed by atoms with Gasteiger partial charge in [0, 0.05) is 19.0 Å². The summed E-state index contributed by atoms with van der Waals surface area (Å²) in [6.07, 6.45) is 0.819. The highest BCUT2D eigenvalue weighted by molar-refractivity contribution is 6.74. The third-order valence-corrected chi connectivity index (χ3v) is 16.5. The molecule has 0 aliphatic carbocycles. The second-order valence-corrected chi connectivity index (χ2v) is 21.8. The van der Waals surface area contributed by atoms with Crippen molar-refractivity contribution in [3.05, 3.63) is 22.7 Å². The van der Waals surface area contributed by atoms with Crippen LogP contribution in [0.25, 0.3) is 0 Å². The standard InChI is InChI=1S/C24H46N4O5Si2/c1-23(2,3)34(8,9)32-19-17(16-29)31-21(20(19)33-35(10,11)24(4,5)6)28-15-12-18(27-22(28)30)26-14-13-25-7/h12,14-15,17,19-21,25,29H,13,16H2,1-11H3/t17?,19-,20+,21-/m1/s1. The molecule has 2 N–H and O–H groups in total. The number of aliphatic hydroxyl groups excluding tert-OH is 1. The summed E-state index contributed by atoms with van der Waals surface area (Å²) < 4.78 is 21.4. The Morgan fingerprint density at radius 2 is 1.66 bits per heavy atom. The van der Waals surface area contributed by atoms with Crippen molar-refractivity contribution in [3.8, 4) is 0 Å². The molecule has 4 atom stereocenters. The summed E-state index contributed by atoms with van der Waals surface area (Å²) in [7, 11) is -2.72. The van der Waals surface area contributed by atoms with E-state index < -0.39 is 46.9 Å². The second kappa shape index (κ2) is 11.0. The van der Waals surface area contributed by atoms with Gasteiger partial charge in [0.15, 0.2) is 28.7 Å². The molecule has 9 nitrogen and oxygen atoms in total. The molecule has 0 radical (unpaired) electrons. The number of hydrogen-bond donors (Lipinski definition) is 2. The molecule has 0 bridgehead atoms. The Labute approximate surface area is 212 Å². The van der Waals surface area contributed by atoms with Crippen LogP contribution in [0.5, 0.6) is 0 Å². The maximum atomic E-state index is 13.1. The Bertz CT molecular complexity index is 937. The molecule has 1 aliphatic heterocycles. The van der Waals surface area contributed by atoms with E-state index in [1.807, 2.05) is 7.05 Å². The topological polar surface area (TPSA) is 107 Å². The molecule has 0 spiro atoms. The molecule has 2 rings (SSSR count). The second-order valence-electron chi connectivity index (χ2n) is 12.3. The fraction of sp³-hybridized carbons (Fsp3) is 0.792. The number of ether oxygens (including phenoxy) is 1. The van der Waals surface area contributed by atoms with Crippen LogP contribution in [0.4, 0.5) is 5.82 Å². The van der Waals surface area contributed by atoms with Crippen molar-refractivity contribution in [3.63, 3.8) is 0 Å². The Kier molecular flexibility index (Phi) is 9.46. The zero-order chi connectivity index (χ0) is 26.8. The van der Waals surface area contributed by atoms with Crippen LogP contribution in [0.15, 0.2) is 22.1 Å². The normalized spacial score (nSPS) is 24.5. The molecule has 35 heavy (non-hydrogen) atoms. The molecule has 1 aromatic rings. The molecule has 1 saturated heterocycles. The van der Waals surface area contributed by atoms with Gasteiger partial charge in [-0.1, -0.05) is 41.5 Å². The van der Waals surface area contributed by atoms with E-state index in [4.69, 9.17) is 13.6 Å². The molecule has 0 saturated carbocycles. The van der Waals surface area contributed by atoms with Crippen molar-refractivity contribution in [2.45, 2.75) is 102 Å². The SMILES string of the molecule is CNCC=Nc1ccn([C@@H]2OC(CO)[C@@H](O[Si](C)(C)C(C)(C)C)[C@@H]2O[Si](C)(C)C(C)(C)C)c(=O)n1. The van der Waals surface area contributed by atoms with Crippen molar-refractivity contribution in [2.24, 2.45) is 4.99 Å². The van der Waals surface area contributed by atoms with Crippen LogP contribution in [0.2, 0.25) is 36.3 Å². The minimum Gasteiger partial charge on any atom is -0.408 e. The molecule has 0 amide bonds. The number of rotatable bonds is 9. The van der Waals surface area contributed by atoms with E-state index >= 15 is 0 Å². The van der Waals surface area contributed by atoms with E-state index in [-0.39, 0.29) is 16.7 Å². The summed E-state index contributed by atoms with van der Waals surface area (Å²) in [4.78, 5) is 21.4. The Morgan fingerprint density at radius 1 is 1.11 bits per heavy atom. The number of aliphatic hydroxyl groups is 1. The molecule has 0 aromatic carbocycles. The summed E-state index contributed by atoms with van der Waals surface area (Å²) in [5.41, 5.74) is -0.484. The minimum absolute atomic E-state index is 0.0436. The maximum absolute atomic E-state index is 13.1. The van der Waals surface area contributed by atoms with Crippen LogP contribution < -0.4 is 11.0 Å². The molecule has 11 heteroatoms. The van der Waals surface area contributed by atoms with Crippen LogP contribution in [0.3, 0.4) is 0 Å². The van der Waals surface area contributed by atoms with Gasteiger partial charge >= 0.3 is 5.69 Å². The van der Waals surface area contributed by atoms with Gasteiger partial charge in [0.1, 0.15) is 18.3 Å². The molecule has 1 aromatic heterocycles. The smallest absolute Gasteiger partial charge is 0.351 e. The highest BCUT2D eigenvalue weighted by Crippen LogP contribution is 2.45. The van der Waals surface area contributed by atoms with Gasteiger partial charge in [0.2, 0.25) is 0 Å². The summed E-state index contributed by atoms with van der Waals surface area (Å²) in [6, 6.07) is 1.68. The first kappa shape index (κ1) is 30.0. The summed E-state index contributed by atoms with van der Waals surface area (Å²) in [5, 5.41) is 13.1. The predicted octanol–water partition coefficient (Wildman–Crippen LogP) is 3.84. The summed E-state index contributed by atoms with van der Waals surface area (Å²) in [6.45, 7) is 22.0. The van der Waals surface area contributed by atoms with Crippen molar-refractivity contribution >= 4 is 28.7 Å². The first-order chi connectivity index (χ1) is 15.9. The molecule has 1 unspecified atom stereocenters. The van der Waals surface area contributed by atoms with Crippen LogP contribution in [0, 0.1) is 0 Å². The van der Waals surface area contributed by atoms with Crippen molar-refractivity contribution in [1.82, 2.24) is 14.9 Å². The lowest BCUT2D eigenvalue weighted by atomic mass is 10.1. The van der Waals surface area contributed by atoms with Gasteiger partial charge in [-0.3, -0.25) is 4.57 Å². The highest BCUT2D eigenvalue weighted by Gasteiger charge is 2.54. The zero-order valence-corrected chi connectivity index (χ0v) is 25.4. The average Bonchev–Trinajstić information content (AvgIpc) is 3.02. The van der Waals surface area contributed by atoms with E-state index in [1.165, 1.54) is 4.57 Å². The first-order valence-electron chi connectivity index (χ1n) is 12.3. The molecular weight excluding hydrogens is 480 g/mol. The number of nitrogens with zero attached hydrogens (tertiary/aromatic N) is 3. The van der Waals surface area contributed by atoms with E-state index in [1.54, 1.807) is 18.5 Å². The van der Waals surface area contributed by atoms with Crippen molar-refractivity contribution in [2.75, 3.05) is 20.2 Å². The Morgan fingerprint density at radius 3 is 2.11 bits per heavy atom. The van der Waals surface area contributed by atoms with Crippen LogP contribution in [-0.4, -0.2) is 76.0 Å². The van der Waals surface area contributed by atoms with Gasteiger partial charge in [-0.05, 0) is 49.4 Å². The van der Waals surface area contributed by atoms with E-state index in [9.17, 15) is 9.90 Å². The van der Waals surface area contributed by atoms with Crippen LogP contribution in [-0.2, 0) is 13.6 Å². The zero-order valence-electron chi connectivity index (χ0n) is 23.4. The fourth-order valence-electron chi connectivity index (χ4n) is 3.28. The number of aliphatic imine (C=N–C) groups is 1. The molecule has 200 valence electrons. The Balaban J connectivity index is 2.54. The third-order valence-electron chi connectivity index (χ3n) is 7.55. The summed E-state index contributed by atoms with van der Waals surface area (Å²) in [5.74, 6) is 0.328. The number of aromatic nitrogens is 2. The van der Waals surface area contributed by atoms with Gasteiger partial charge in [0.25, 0.3) is 0 Å². The van der Waals surface area contributed by atoms with Crippen molar-refractivity contribution in [1.29, 1.82) is 0 Å². The monoisotopic (exact) mass is 526 g/mol. The Hall–Kier alpha value is -1.22. The molecular formula is C24H46N4O5Si2.